The molecule has 1 unspecified atom stereocenters. The van der Waals surface area contributed by atoms with Crippen molar-refractivity contribution in [1.29, 1.82) is 0 Å². The van der Waals surface area contributed by atoms with Gasteiger partial charge in [0.1, 0.15) is 5.75 Å². The van der Waals surface area contributed by atoms with E-state index >= 15 is 0 Å². The van der Waals surface area contributed by atoms with Gasteiger partial charge < -0.3 is 10.5 Å². The minimum absolute atomic E-state index is 0.0664. The van der Waals surface area contributed by atoms with E-state index in [-0.39, 0.29) is 6.04 Å². The van der Waals surface area contributed by atoms with Crippen LogP contribution in [0.1, 0.15) is 31.4 Å². The van der Waals surface area contributed by atoms with Crippen molar-refractivity contribution in [1.82, 2.24) is 0 Å². The standard InChI is InChI=1S/C13H17NO/c1-3-4-5-6-13(14)11-7-9-12(15-2)10-8-11/h7-10,13H,5-6,14H2,1-2H3. The maximum atomic E-state index is 6.02. The zero-order valence-corrected chi connectivity index (χ0v) is 9.29. The van der Waals surface area contributed by atoms with Gasteiger partial charge in [0.15, 0.2) is 0 Å². The zero-order valence-electron chi connectivity index (χ0n) is 9.29. The molecule has 0 saturated heterocycles. The molecule has 2 nitrogen and oxygen atoms in total. The van der Waals surface area contributed by atoms with Crippen LogP contribution < -0.4 is 10.5 Å². The lowest BCUT2D eigenvalue weighted by Crippen LogP contribution is -2.09. The third-order valence-corrected chi connectivity index (χ3v) is 2.30. The average Bonchev–Trinajstić information content (AvgIpc) is 2.29. The van der Waals surface area contributed by atoms with Crippen molar-refractivity contribution in [2.75, 3.05) is 7.11 Å². The Labute approximate surface area is 91.4 Å². The zero-order chi connectivity index (χ0) is 11.1. The van der Waals surface area contributed by atoms with Crippen molar-refractivity contribution >= 4 is 0 Å². The summed E-state index contributed by atoms with van der Waals surface area (Å²) in [6.45, 7) is 1.85. The fourth-order valence-electron chi connectivity index (χ4n) is 1.37. The molecule has 0 aliphatic rings. The number of methoxy groups -OCH3 is 1. The Balaban J connectivity index is 2.56. The van der Waals surface area contributed by atoms with Gasteiger partial charge in [-0.25, -0.2) is 0 Å². The Kier molecular flexibility index (Phi) is 4.73. The van der Waals surface area contributed by atoms with Gasteiger partial charge in [0.25, 0.3) is 0 Å². The summed E-state index contributed by atoms with van der Waals surface area (Å²) >= 11 is 0. The summed E-state index contributed by atoms with van der Waals surface area (Å²) in [4.78, 5) is 0. The lowest BCUT2D eigenvalue weighted by Gasteiger charge is -2.10. The predicted molar refractivity (Wildman–Crippen MR) is 62.6 cm³/mol. The van der Waals surface area contributed by atoms with Gasteiger partial charge in [0, 0.05) is 12.5 Å². The third-order valence-electron chi connectivity index (χ3n) is 2.30. The van der Waals surface area contributed by atoms with E-state index in [4.69, 9.17) is 10.5 Å². The normalized spacial score (nSPS) is 11.4. The lowest BCUT2D eigenvalue weighted by atomic mass is 10.0. The van der Waals surface area contributed by atoms with Gasteiger partial charge in [0.2, 0.25) is 0 Å². The van der Waals surface area contributed by atoms with Gasteiger partial charge in [-0.2, -0.15) is 0 Å². The van der Waals surface area contributed by atoms with E-state index < -0.39 is 0 Å². The smallest absolute Gasteiger partial charge is 0.118 e. The van der Waals surface area contributed by atoms with Gasteiger partial charge in [-0.15, -0.1) is 11.8 Å². The Hall–Kier alpha value is -1.46. The van der Waals surface area contributed by atoms with Crippen molar-refractivity contribution in [3.63, 3.8) is 0 Å². The molecule has 1 atom stereocenters. The van der Waals surface area contributed by atoms with Crippen LogP contribution in [0.4, 0.5) is 0 Å². The van der Waals surface area contributed by atoms with E-state index in [1.807, 2.05) is 31.2 Å². The fraction of sp³-hybridized carbons (Fsp3) is 0.385. The minimum atomic E-state index is 0.0664. The molecule has 1 rings (SSSR count). The van der Waals surface area contributed by atoms with Crippen molar-refractivity contribution in [3.8, 4) is 17.6 Å². The molecule has 2 N–H and O–H groups in total. The van der Waals surface area contributed by atoms with Crippen molar-refractivity contribution in [2.24, 2.45) is 5.73 Å². The lowest BCUT2D eigenvalue weighted by molar-refractivity contribution is 0.414. The molecule has 15 heavy (non-hydrogen) atoms. The molecule has 0 aliphatic heterocycles. The van der Waals surface area contributed by atoms with Gasteiger partial charge in [0.05, 0.1) is 7.11 Å². The van der Waals surface area contributed by atoms with E-state index in [2.05, 4.69) is 11.8 Å². The third kappa shape index (κ3) is 3.65. The summed E-state index contributed by atoms with van der Waals surface area (Å²) in [5, 5.41) is 0. The molecule has 0 saturated carbocycles. The first-order valence-corrected chi connectivity index (χ1v) is 5.07. The Morgan fingerprint density at radius 3 is 2.53 bits per heavy atom. The maximum absolute atomic E-state index is 6.02. The first kappa shape index (κ1) is 11.6. The highest BCUT2D eigenvalue weighted by Gasteiger charge is 2.04. The molecule has 0 bridgehead atoms. The van der Waals surface area contributed by atoms with E-state index in [1.165, 1.54) is 0 Å². The molecular formula is C13H17NO. The van der Waals surface area contributed by atoms with Gasteiger partial charge >= 0.3 is 0 Å². The molecule has 1 aromatic rings. The van der Waals surface area contributed by atoms with Crippen LogP contribution in [-0.2, 0) is 0 Å². The van der Waals surface area contributed by atoms with Crippen molar-refractivity contribution in [2.45, 2.75) is 25.8 Å². The predicted octanol–water partition coefficient (Wildman–Crippen LogP) is 2.50. The first-order valence-electron chi connectivity index (χ1n) is 5.07. The van der Waals surface area contributed by atoms with Crippen molar-refractivity contribution < 1.29 is 4.74 Å². The summed E-state index contributed by atoms with van der Waals surface area (Å²) in [7, 11) is 1.66. The summed E-state index contributed by atoms with van der Waals surface area (Å²) in [5.74, 6) is 6.74. The second kappa shape index (κ2) is 6.10. The molecule has 0 aliphatic carbocycles. The number of ether oxygens (including phenoxy) is 1. The number of rotatable bonds is 4. The van der Waals surface area contributed by atoms with Crippen LogP contribution in [-0.4, -0.2) is 7.11 Å². The van der Waals surface area contributed by atoms with Crippen LogP contribution in [0.5, 0.6) is 5.75 Å². The SMILES string of the molecule is CC#CCCC(N)c1ccc(OC)cc1. The number of hydrogen-bond donors (Lipinski definition) is 1. The van der Waals surface area contributed by atoms with Crippen molar-refractivity contribution in [3.05, 3.63) is 29.8 Å². The molecule has 0 radical (unpaired) electrons. The van der Waals surface area contributed by atoms with Gasteiger partial charge in [-0.3, -0.25) is 0 Å². The maximum Gasteiger partial charge on any atom is 0.118 e. The molecular weight excluding hydrogens is 186 g/mol. The molecule has 0 aromatic heterocycles. The Bertz CT molecular complexity index is 345. The Morgan fingerprint density at radius 1 is 1.33 bits per heavy atom. The summed E-state index contributed by atoms with van der Waals surface area (Å²) in [6.07, 6.45) is 1.75. The van der Waals surface area contributed by atoms with Crippen LogP contribution in [0.25, 0.3) is 0 Å². The van der Waals surface area contributed by atoms with E-state index in [0.29, 0.717) is 0 Å². The van der Waals surface area contributed by atoms with Crippen LogP contribution in [0.2, 0.25) is 0 Å². The minimum Gasteiger partial charge on any atom is -0.497 e. The monoisotopic (exact) mass is 203 g/mol. The molecule has 0 heterocycles. The summed E-state index contributed by atoms with van der Waals surface area (Å²) in [6, 6.07) is 7.93. The quantitative estimate of drug-likeness (QED) is 0.763. The molecule has 0 fully saturated rings. The highest BCUT2D eigenvalue weighted by Crippen LogP contribution is 2.18. The topological polar surface area (TPSA) is 35.2 Å². The first-order chi connectivity index (χ1) is 7.27. The second-order valence-corrected chi connectivity index (χ2v) is 3.35. The van der Waals surface area contributed by atoms with E-state index in [9.17, 15) is 0 Å². The number of nitrogens with two attached hydrogens (primary N) is 1. The molecule has 2 heteroatoms. The highest BCUT2D eigenvalue weighted by atomic mass is 16.5. The van der Waals surface area contributed by atoms with Crippen LogP contribution >= 0.6 is 0 Å². The van der Waals surface area contributed by atoms with E-state index in [1.54, 1.807) is 7.11 Å². The largest absolute Gasteiger partial charge is 0.497 e. The van der Waals surface area contributed by atoms with E-state index in [0.717, 1.165) is 24.2 Å². The molecule has 0 spiro atoms. The summed E-state index contributed by atoms with van der Waals surface area (Å²) < 4.78 is 5.08. The Morgan fingerprint density at radius 2 is 2.00 bits per heavy atom. The molecule has 1 aromatic carbocycles. The van der Waals surface area contributed by atoms with Gasteiger partial charge in [-0.1, -0.05) is 12.1 Å². The second-order valence-electron chi connectivity index (χ2n) is 3.35. The van der Waals surface area contributed by atoms with Gasteiger partial charge in [-0.05, 0) is 31.0 Å². The average molecular weight is 203 g/mol. The molecule has 80 valence electrons. The highest BCUT2D eigenvalue weighted by molar-refractivity contribution is 5.28. The van der Waals surface area contributed by atoms with Crippen LogP contribution in [0.15, 0.2) is 24.3 Å². The molecule has 0 amide bonds. The number of benzene rings is 1. The fourth-order valence-corrected chi connectivity index (χ4v) is 1.37. The summed E-state index contributed by atoms with van der Waals surface area (Å²) in [5.41, 5.74) is 7.15. The van der Waals surface area contributed by atoms with Crippen LogP contribution in [0.3, 0.4) is 0 Å². The van der Waals surface area contributed by atoms with Crippen LogP contribution in [0, 0.1) is 11.8 Å². The number of hydrogen-bond acceptors (Lipinski definition) is 2.